The normalized spacial score (nSPS) is 11.5. The van der Waals surface area contributed by atoms with E-state index in [4.69, 9.17) is 0 Å². The van der Waals surface area contributed by atoms with E-state index >= 15 is 26.3 Å². The summed E-state index contributed by atoms with van der Waals surface area (Å²) >= 11 is 0. The second-order valence-corrected chi connectivity index (χ2v) is 18.6. The second-order valence-electron chi connectivity index (χ2n) is 18.6. The van der Waals surface area contributed by atoms with E-state index in [0.717, 1.165) is 10.8 Å². The van der Waals surface area contributed by atoms with Crippen LogP contribution in [0.3, 0.4) is 0 Å². The first-order chi connectivity index (χ1) is 36.0. The molecule has 74 heavy (non-hydrogen) atoms. The molecular weight excluding hydrogens is 935 g/mol. The number of hydrogen-bond acceptors (Lipinski definition) is 2. The molecule has 0 N–H and O–H groups in total. The van der Waals surface area contributed by atoms with Crippen molar-refractivity contribution in [2.45, 2.75) is 13.8 Å². The Labute approximate surface area is 423 Å². The van der Waals surface area contributed by atoms with Crippen molar-refractivity contribution in [1.82, 2.24) is 0 Å². The van der Waals surface area contributed by atoms with Gasteiger partial charge in [-0.25, -0.2) is 26.3 Å². The van der Waals surface area contributed by atoms with Crippen molar-refractivity contribution in [3.05, 3.63) is 264 Å². The molecule has 0 saturated carbocycles. The molecular formula is C66H42F6N2. The van der Waals surface area contributed by atoms with Gasteiger partial charge in [0.1, 0.15) is 34.9 Å². The monoisotopic (exact) mass is 976 g/mol. The van der Waals surface area contributed by atoms with Crippen LogP contribution in [0.15, 0.2) is 218 Å². The van der Waals surface area contributed by atoms with Crippen molar-refractivity contribution in [3.63, 3.8) is 0 Å². The van der Waals surface area contributed by atoms with Gasteiger partial charge in [0.15, 0.2) is 0 Å². The highest BCUT2D eigenvalue weighted by atomic mass is 19.1. The first kappa shape index (κ1) is 46.0. The average Bonchev–Trinajstić information content (AvgIpc) is 3.41. The zero-order valence-electron chi connectivity index (χ0n) is 39.9. The zero-order valence-corrected chi connectivity index (χ0v) is 39.9. The van der Waals surface area contributed by atoms with Crippen LogP contribution in [0.1, 0.15) is 11.1 Å². The smallest absolute Gasteiger partial charge is 0.147 e. The summed E-state index contributed by atoms with van der Waals surface area (Å²) in [6, 6.07) is 61.8. The quantitative estimate of drug-likeness (QED) is 0.0995. The molecule has 0 saturated heterocycles. The van der Waals surface area contributed by atoms with Gasteiger partial charge in [0.2, 0.25) is 0 Å². The molecule has 12 aromatic rings. The second kappa shape index (κ2) is 18.5. The van der Waals surface area contributed by atoms with E-state index in [9.17, 15) is 0 Å². The fraction of sp³-hybridized carbons (Fsp3) is 0.0303. The summed E-state index contributed by atoms with van der Waals surface area (Å²) in [5.74, 6) is -3.36. The number of benzene rings is 12. The lowest BCUT2D eigenvalue weighted by Gasteiger charge is -2.31. The average molecular weight is 977 g/mol. The lowest BCUT2D eigenvalue weighted by Crippen LogP contribution is -2.15. The molecule has 0 unspecified atom stereocenters. The minimum absolute atomic E-state index is 0.0271. The Morgan fingerprint density at radius 3 is 1.04 bits per heavy atom. The van der Waals surface area contributed by atoms with Crippen LogP contribution in [0.5, 0.6) is 0 Å². The van der Waals surface area contributed by atoms with Crippen LogP contribution in [-0.4, -0.2) is 0 Å². The van der Waals surface area contributed by atoms with Crippen LogP contribution in [0.2, 0.25) is 0 Å². The van der Waals surface area contributed by atoms with Gasteiger partial charge in [0.25, 0.3) is 0 Å². The van der Waals surface area contributed by atoms with E-state index in [1.54, 1.807) is 96.4 Å². The standard InChI is InChI=1S/C66H42F6N2/c1-39-19-29-59(57(71)31-39)73(63-35-45(23-27-53(63)67)43-21-25-49(55(69)33-43)41-11-5-3-6-12-41)61-37-47-15-10-18-52-62(38-48-16-9-17-51(61)65(48)66(47)52)74(60-30-20-40(2)32-58(60)72)64-36-46(24-28-54(64)68)44-22-26-50(56(70)34-44)42-13-7-4-8-14-42/h3-38H,1-2H3. The van der Waals surface area contributed by atoms with E-state index in [-0.39, 0.29) is 22.7 Å². The Morgan fingerprint density at radius 1 is 0.257 bits per heavy atom. The summed E-state index contributed by atoms with van der Waals surface area (Å²) < 4.78 is 98.7. The van der Waals surface area contributed by atoms with Crippen LogP contribution in [0.25, 0.3) is 76.8 Å². The molecule has 0 fully saturated rings. The van der Waals surface area contributed by atoms with Gasteiger partial charge in [-0.1, -0.05) is 146 Å². The number of aryl methyl sites for hydroxylation is 2. The molecule has 0 aliphatic rings. The number of rotatable bonds is 10. The molecule has 12 aromatic carbocycles. The molecule has 0 radical (unpaired) electrons. The number of nitrogens with zero attached hydrogens (tertiary/aromatic N) is 2. The lowest BCUT2D eigenvalue weighted by molar-refractivity contribution is 0.618. The maximum atomic E-state index is 16.8. The molecule has 2 nitrogen and oxygen atoms in total. The van der Waals surface area contributed by atoms with Gasteiger partial charge in [-0.15, -0.1) is 0 Å². The van der Waals surface area contributed by atoms with E-state index in [1.807, 2.05) is 109 Å². The summed E-state index contributed by atoms with van der Waals surface area (Å²) in [4.78, 5) is 3.13. The van der Waals surface area contributed by atoms with Crippen LogP contribution in [0, 0.1) is 48.8 Å². The van der Waals surface area contributed by atoms with Crippen LogP contribution >= 0.6 is 0 Å². The first-order valence-corrected chi connectivity index (χ1v) is 24.1. The van der Waals surface area contributed by atoms with Crippen LogP contribution in [-0.2, 0) is 0 Å². The summed E-state index contributed by atoms with van der Waals surface area (Å²) in [5.41, 5.74) is 6.76. The van der Waals surface area contributed by atoms with Crippen molar-refractivity contribution in [2.75, 3.05) is 9.80 Å². The number of halogens is 6. The number of hydrogen-bond donors (Lipinski definition) is 0. The molecule has 0 bridgehead atoms. The molecule has 358 valence electrons. The van der Waals surface area contributed by atoms with Crippen molar-refractivity contribution in [2.24, 2.45) is 0 Å². The summed E-state index contributed by atoms with van der Waals surface area (Å²) in [7, 11) is 0. The lowest BCUT2D eigenvalue weighted by atomic mass is 9.90. The Morgan fingerprint density at radius 2 is 0.649 bits per heavy atom. The van der Waals surface area contributed by atoms with Gasteiger partial charge in [0.05, 0.1) is 34.1 Å². The molecule has 0 spiro atoms. The highest BCUT2D eigenvalue weighted by molar-refractivity contribution is 6.29. The van der Waals surface area contributed by atoms with Crippen molar-refractivity contribution >= 4 is 66.4 Å². The van der Waals surface area contributed by atoms with Crippen molar-refractivity contribution in [3.8, 4) is 44.5 Å². The molecule has 0 heterocycles. The molecule has 0 aliphatic carbocycles. The topological polar surface area (TPSA) is 6.48 Å². The van der Waals surface area contributed by atoms with E-state index in [0.29, 0.717) is 88.6 Å². The maximum Gasteiger partial charge on any atom is 0.147 e. The molecule has 8 heteroatoms. The Kier molecular flexibility index (Phi) is 11.5. The third-order valence-electron chi connectivity index (χ3n) is 13.9. The van der Waals surface area contributed by atoms with E-state index < -0.39 is 34.9 Å². The fourth-order valence-corrected chi connectivity index (χ4v) is 10.4. The first-order valence-electron chi connectivity index (χ1n) is 24.1. The van der Waals surface area contributed by atoms with Gasteiger partial charge < -0.3 is 9.80 Å². The maximum absolute atomic E-state index is 16.8. The summed E-state index contributed by atoms with van der Waals surface area (Å²) in [5, 5.41) is 4.15. The van der Waals surface area contributed by atoms with Gasteiger partial charge >= 0.3 is 0 Å². The van der Waals surface area contributed by atoms with Crippen molar-refractivity contribution in [1.29, 1.82) is 0 Å². The Hall–Kier alpha value is -9.14. The van der Waals surface area contributed by atoms with Crippen LogP contribution < -0.4 is 9.80 Å². The van der Waals surface area contributed by atoms with Gasteiger partial charge in [0, 0.05) is 21.9 Å². The SMILES string of the molecule is Cc1ccc(N(c2cc(-c3ccc(-c4ccccc4)c(F)c3)ccc2F)c2cc3cccc4c(N(c5ccc(C)cc5F)c5cc(-c6ccc(-c7ccccc7)c(F)c6)ccc5F)cc5cccc2c5c34)c(F)c1. The molecule has 0 atom stereocenters. The minimum atomic E-state index is -0.641. The van der Waals surface area contributed by atoms with Gasteiger partial charge in [-0.05, 0) is 153 Å². The zero-order chi connectivity index (χ0) is 50.8. The molecule has 0 amide bonds. The third kappa shape index (κ3) is 8.05. The predicted octanol–water partition coefficient (Wildman–Crippen LogP) is 19.6. The van der Waals surface area contributed by atoms with Gasteiger partial charge in [-0.2, -0.15) is 0 Å². The largest absolute Gasteiger partial charge is 0.304 e. The Bertz CT molecular complexity index is 3870. The number of anilines is 6. The van der Waals surface area contributed by atoms with Crippen molar-refractivity contribution < 1.29 is 26.3 Å². The molecule has 0 aliphatic heterocycles. The van der Waals surface area contributed by atoms with E-state index in [1.165, 1.54) is 36.4 Å². The summed E-state index contributed by atoms with van der Waals surface area (Å²) in [6.45, 7) is 3.55. The van der Waals surface area contributed by atoms with E-state index in [2.05, 4.69) is 0 Å². The summed E-state index contributed by atoms with van der Waals surface area (Å²) in [6.07, 6.45) is 0. The van der Waals surface area contributed by atoms with Crippen LogP contribution in [0.4, 0.5) is 60.5 Å². The highest BCUT2D eigenvalue weighted by Crippen LogP contribution is 2.51. The predicted molar refractivity (Wildman–Crippen MR) is 290 cm³/mol. The third-order valence-corrected chi connectivity index (χ3v) is 13.9. The highest BCUT2D eigenvalue weighted by Gasteiger charge is 2.28. The minimum Gasteiger partial charge on any atom is -0.304 e. The Balaban J connectivity index is 1.05. The fourth-order valence-electron chi connectivity index (χ4n) is 10.4. The van der Waals surface area contributed by atoms with Gasteiger partial charge in [-0.3, -0.25) is 0 Å². The molecule has 12 rings (SSSR count). The molecule has 0 aromatic heterocycles.